The highest BCUT2D eigenvalue weighted by Crippen LogP contribution is 2.29. The van der Waals surface area contributed by atoms with E-state index in [1.54, 1.807) is 18.4 Å². The molecule has 2 aromatic rings. The van der Waals surface area contributed by atoms with Crippen LogP contribution < -0.4 is 14.8 Å². The van der Waals surface area contributed by atoms with Crippen molar-refractivity contribution < 1.29 is 9.47 Å². The number of rotatable bonds is 7. The molecule has 1 aromatic carbocycles. The Morgan fingerprint density at radius 2 is 2.10 bits per heavy atom. The van der Waals surface area contributed by atoms with E-state index in [0.717, 1.165) is 27.9 Å². The van der Waals surface area contributed by atoms with Crippen LogP contribution in [0.5, 0.6) is 11.5 Å². The lowest BCUT2D eigenvalue weighted by atomic mass is 10.2. The second kappa shape index (κ2) is 7.43. The molecule has 1 N–H and O–H groups in total. The lowest BCUT2D eigenvalue weighted by Crippen LogP contribution is -2.21. The first kappa shape index (κ1) is 15.8. The number of aryl methyl sites for hydroxylation is 1. The summed E-state index contributed by atoms with van der Waals surface area (Å²) in [5.74, 6) is 1.52. The summed E-state index contributed by atoms with van der Waals surface area (Å²) in [6, 6.07) is 6.50. The molecule has 0 aliphatic rings. The molecule has 114 valence electrons. The molecule has 1 heterocycles. The number of hydrogen-bond donors (Lipinski definition) is 1. The monoisotopic (exact) mass is 306 g/mol. The molecule has 0 bridgehead atoms. The molecule has 0 aliphatic heterocycles. The van der Waals surface area contributed by atoms with E-state index in [0.29, 0.717) is 12.6 Å². The Morgan fingerprint density at radius 3 is 2.71 bits per heavy atom. The summed E-state index contributed by atoms with van der Waals surface area (Å²) in [6.07, 6.45) is 1.85. The molecule has 0 amide bonds. The third-order valence-electron chi connectivity index (χ3n) is 2.98. The van der Waals surface area contributed by atoms with Crippen molar-refractivity contribution >= 4 is 11.3 Å². The van der Waals surface area contributed by atoms with E-state index in [-0.39, 0.29) is 0 Å². The summed E-state index contributed by atoms with van der Waals surface area (Å²) in [5, 5.41) is 4.44. The van der Waals surface area contributed by atoms with Crippen molar-refractivity contribution in [2.45, 2.75) is 40.0 Å². The predicted octanol–water partition coefficient (Wildman–Crippen LogP) is 3.54. The van der Waals surface area contributed by atoms with E-state index >= 15 is 0 Å². The van der Waals surface area contributed by atoms with Crippen molar-refractivity contribution in [3.63, 3.8) is 0 Å². The predicted molar refractivity (Wildman–Crippen MR) is 86.2 cm³/mol. The molecule has 0 spiro atoms. The van der Waals surface area contributed by atoms with E-state index in [1.165, 1.54) is 5.56 Å². The molecule has 0 aliphatic carbocycles. The first-order valence-electron chi connectivity index (χ1n) is 7.03. The van der Waals surface area contributed by atoms with Gasteiger partial charge in [-0.2, -0.15) is 0 Å². The quantitative estimate of drug-likeness (QED) is 0.850. The van der Waals surface area contributed by atoms with Crippen LogP contribution in [0.3, 0.4) is 0 Å². The lowest BCUT2D eigenvalue weighted by molar-refractivity contribution is 0.287. The fraction of sp³-hybridized carbons (Fsp3) is 0.438. The van der Waals surface area contributed by atoms with Gasteiger partial charge in [-0.3, -0.25) is 0 Å². The van der Waals surface area contributed by atoms with Gasteiger partial charge in [0.25, 0.3) is 0 Å². The lowest BCUT2D eigenvalue weighted by Gasteiger charge is -2.13. The molecule has 5 heteroatoms. The molecule has 0 saturated carbocycles. The summed E-state index contributed by atoms with van der Waals surface area (Å²) < 4.78 is 11.3. The Bertz CT molecular complexity index is 581. The molecule has 4 nitrogen and oxygen atoms in total. The number of ether oxygens (including phenoxy) is 2. The molecule has 0 unspecified atom stereocenters. The second-order valence-electron chi connectivity index (χ2n) is 5.16. The number of methoxy groups -OCH3 is 1. The van der Waals surface area contributed by atoms with Crippen molar-refractivity contribution in [2.75, 3.05) is 7.11 Å². The van der Waals surface area contributed by atoms with Crippen LogP contribution in [0.25, 0.3) is 0 Å². The molecular weight excluding hydrogens is 284 g/mol. The van der Waals surface area contributed by atoms with Gasteiger partial charge in [-0.1, -0.05) is 19.9 Å². The van der Waals surface area contributed by atoms with Crippen molar-refractivity contribution in [3.8, 4) is 11.5 Å². The average molecular weight is 306 g/mol. The number of benzene rings is 1. The summed E-state index contributed by atoms with van der Waals surface area (Å²) >= 11 is 1.65. The molecule has 21 heavy (non-hydrogen) atoms. The Balaban J connectivity index is 2.01. The fourth-order valence-corrected chi connectivity index (χ4v) is 2.59. The Morgan fingerprint density at radius 1 is 1.29 bits per heavy atom. The zero-order chi connectivity index (χ0) is 15.2. The minimum atomic E-state index is 0.460. The van der Waals surface area contributed by atoms with Crippen LogP contribution in [0.4, 0.5) is 0 Å². The van der Waals surface area contributed by atoms with Gasteiger partial charge in [-0.25, -0.2) is 4.98 Å². The Labute approximate surface area is 130 Å². The summed E-state index contributed by atoms with van der Waals surface area (Å²) in [4.78, 5) is 5.34. The van der Waals surface area contributed by atoms with Gasteiger partial charge in [-0.05, 0) is 24.6 Å². The van der Waals surface area contributed by atoms with Crippen molar-refractivity contribution in [1.29, 1.82) is 0 Å². The standard InChI is InChI=1S/C16H22N2O2S/c1-11(2)17-8-13-5-6-15(16(7-13)19-4)20-10-14-9-18-12(3)21-14/h5-7,9,11,17H,8,10H2,1-4H3. The van der Waals surface area contributed by atoms with Crippen LogP contribution >= 0.6 is 11.3 Å². The van der Waals surface area contributed by atoms with Gasteiger partial charge in [0.15, 0.2) is 11.5 Å². The topological polar surface area (TPSA) is 43.4 Å². The molecule has 0 saturated heterocycles. The number of aromatic nitrogens is 1. The third kappa shape index (κ3) is 4.72. The minimum Gasteiger partial charge on any atom is -0.493 e. The Kier molecular flexibility index (Phi) is 5.59. The third-order valence-corrected chi connectivity index (χ3v) is 3.87. The summed E-state index contributed by atoms with van der Waals surface area (Å²) in [7, 11) is 1.67. The van der Waals surface area contributed by atoms with Crippen molar-refractivity contribution in [1.82, 2.24) is 10.3 Å². The smallest absolute Gasteiger partial charge is 0.161 e. The number of nitrogens with zero attached hydrogens (tertiary/aromatic N) is 1. The normalized spacial score (nSPS) is 10.9. The van der Waals surface area contributed by atoms with Crippen LogP contribution in [-0.2, 0) is 13.2 Å². The van der Waals surface area contributed by atoms with Gasteiger partial charge in [0.1, 0.15) is 6.61 Å². The highest BCUT2D eigenvalue weighted by atomic mass is 32.1. The van der Waals surface area contributed by atoms with Gasteiger partial charge in [0.2, 0.25) is 0 Å². The van der Waals surface area contributed by atoms with Gasteiger partial charge in [0, 0.05) is 18.8 Å². The molecule has 2 rings (SSSR count). The first-order chi connectivity index (χ1) is 10.1. The molecule has 1 aromatic heterocycles. The number of thiazole rings is 1. The van der Waals surface area contributed by atoms with E-state index in [4.69, 9.17) is 9.47 Å². The van der Waals surface area contributed by atoms with Crippen LogP contribution in [0.15, 0.2) is 24.4 Å². The summed E-state index contributed by atoms with van der Waals surface area (Å²) in [5.41, 5.74) is 1.18. The van der Waals surface area contributed by atoms with E-state index in [9.17, 15) is 0 Å². The SMILES string of the molecule is COc1cc(CNC(C)C)ccc1OCc1cnc(C)s1. The number of hydrogen-bond acceptors (Lipinski definition) is 5. The Hall–Kier alpha value is -1.59. The minimum absolute atomic E-state index is 0.460. The maximum atomic E-state index is 5.83. The van der Waals surface area contributed by atoms with Gasteiger partial charge >= 0.3 is 0 Å². The van der Waals surface area contributed by atoms with E-state index in [1.807, 2.05) is 25.3 Å². The zero-order valence-electron chi connectivity index (χ0n) is 13.0. The van der Waals surface area contributed by atoms with Crippen LogP contribution in [0.2, 0.25) is 0 Å². The largest absolute Gasteiger partial charge is 0.493 e. The van der Waals surface area contributed by atoms with Gasteiger partial charge in [-0.15, -0.1) is 11.3 Å². The average Bonchev–Trinajstić information content (AvgIpc) is 2.88. The van der Waals surface area contributed by atoms with Crippen LogP contribution in [0, 0.1) is 6.92 Å². The number of nitrogens with one attached hydrogen (secondary N) is 1. The highest BCUT2D eigenvalue weighted by Gasteiger charge is 2.07. The first-order valence-corrected chi connectivity index (χ1v) is 7.84. The van der Waals surface area contributed by atoms with Crippen LogP contribution in [-0.4, -0.2) is 18.1 Å². The zero-order valence-corrected chi connectivity index (χ0v) is 13.8. The van der Waals surface area contributed by atoms with Crippen molar-refractivity contribution in [3.05, 3.63) is 39.8 Å². The maximum absolute atomic E-state index is 5.83. The van der Waals surface area contributed by atoms with Gasteiger partial charge in [0.05, 0.1) is 17.0 Å². The molecular formula is C16H22N2O2S. The van der Waals surface area contributed by atoms with Crippen LogP contribution in [0.1, 0.15) is 29.3 Å². The second-order valence-corrected chi connectivity index (χ2v) is 6.47. The van der Waals surface area contributed by atoms with Crippen molar-refractivity contribution in [2.24, 2.45) is 0 Å². The van der Waals surface area contributed by atoms with E-state index in [2.05, 4.69) is 30.2 Å². The summed E-state index contributed by atoms with van der Waals surface area (Å²) in [6.45, 7) is 7.59. The highest BCUT2D eigenvalue weighted by molar-refractivity contribution is 7.11. The molecule has 0 atom stereocenters. The molecule has 0 radical (unpaired) electrons. The van der Waals surface area contributed by atoms with Gasteiger partial charge < -0.3 is 14.8 Å². The maximum Gasteiger partial charge on any atom is 0.161 e. The molecule has 0 fully saturated rings. The fourth-order valence-electron chi connectivity index (χ4n) is 1.88. The van der Waals surface area contributed by atoms with E-state index < -0.39 is 0 Å².